The highest BCUT2D eigenvalue weighted by molar-refractivity contribution is 7.89. The standard InChI is InChI=1S/C17H18Cl2N2O4S/c1-12(25-15-9-5-8-14(18)16(15)19)17(22)20-10-11-21-26(23,24)13-6-3-2-4-7-13/h2-9,12,21H,10-11H2,1H3,(H,20,22). The molecule has 2 aromatic carbocycles. The van der Waals surface area contributed by atoms with E-state index in [0.29, 0.717) is 10.8 Å². The van der Waals surface area contributed by atoms with Gasteiger partial charge in [-0.25, -0.2) is 13.1 Å². The van der Waals surface area contributed by atoms with Gasteiger partial charge >= 0.3 is 0 Å². The van der Waals surface area contributed by atoms with E-state index in [9.17, 15) is 13.2 Å². The number of halogens is 2. The minimum Gasteiger partial charge on any atom is -0.479 e. The lowest BCUT2D eigenvalue weighted by Gasteiger charge is -2.16. The van der Waals surface area contributed by atoms with Crippen LogP contribution in [0.15, 0.2) is 53.4 Å². The molecule has 0 aromatic heterocycles. The Hall–Kier alpha value is -1.80. The first-order valence-corrected chi connectivity index (χ1v) is 9.98. The summed E-state index contributed by atoms with van der Waals surface area (Å²) in [5.41, 5.74) is 0. The summed E-state index contributed by atoms with van der Waals surface area (Å²) in [5, 5.41) is 3.15. The summed E-state index contributed by atoms with van der Waals surface area (Å²) in [7, 11) is -3.60. The fourth-order valence-electron chi connectivity index (χ4n) is 2.02. The average molecular weight is 417 g/mol. The van der Waals surface area contributed by atoms with Gasteiger partial charge in [-0.05, 0) is 31.2 Å². The Balaban J connectivity index is 1.80. The van der Waals surface area contributed by atoms with E-state index in [0.717, 1.165) is 0 Å². The zero-order valence-electron chi connectivity index (χ0n) is 13.9. The molecular weight excluding hydrogens is 399 g/mol. The van der Waals surface area contributed by atoms with Crippen molar-refractivity contribution in [3.05, 3.63) is 58.6 Å². The predicted molar refractivity (Wildman–Crippen MR) is 101 cm³/mol. The van der Waals surface area contributed by atoms with Gasteiger partial charge in [0.1, 0.15) is 10.8 Å². The van der Waals surface area contributed by atoms with Gasteiger partial charge in [-0.1, -0.05) is 47.5 Å². The number of rotatable bonds is 8. The summed E-state index contributed by atoms with van der Waals surface area (Å²) in [4.78, 5) is 12.2. The number of carbonyl (C=O) groups excluding carboxylic acids is 1. The highest BCUT2D eigenvalue weighted by Crippen LogP contribution is 2.32. The maximum Gasteiger partial charge on any atom is 0.260 e. The Morgan fingerprint density at radius 1 is 1.08 bits per heavy atom. The van der Waals surface area contributed by atoms with Gasteiger partial charge in [0, 0.05) is 13.1 Å². The maximum absolute atomic E-state index is 12.0. The summed E-state index contributed by atoms with van der Waals surface area (Å²) in [6.45, 7) is 1.72. The van der Waals surface area contributed by atoms with Gasteiger partial charge in [0.05, 0.1) is 9.92 Å². The Bertz CT molecular complexity index is 860. The molecule has 2 N–H and O–H groups in total. The quantitative estimate of drug-likeness (QED) is 0.647. The number of benzene rings is 2. The van der Waals surface area contributed by atoms with Crippen LogP contribution in [0.5, 0.6) is 5.75 Å². The number of ether oxygens (including phenoxy) is 1. The molecule has 6 nitrogen and oxygen atoms in total. The van der Waals surface area contributed by atoms with Crippen molar-refractivity contribution in [1.82, 2.24) is 10.0 Å². The Morgan fingerprint density at radius 3 is 2.46 bits per heavy atom. The molecule has 2 rings (SSSR count). The van der Waals surface area contributed by atoms with Crippen molar-refractivity contribution in [2.24, 2.45) is 0 Å². The second-order valence-corrected chi connectivity index (χ2v) is 7.87. The molecule has 0 saturated heterocycles. The molecule has 9 heteroatoms. The molecule has 0 fully saturated rings. The first-order valence-electron chi connectivity index (χ1n) is 7.74. The number of sulfonamides is 1. The van der Waals surface area contributed by atoms with Crippen LogP contribution in [0.1, 0.15) is 6.92 Å². The monoisotopic (exact) mass is 416 g/mol. The topological polar surface area (TPSA) is 84.5 Å². The lowest BCUT2D eigenvalue weighted by atomic mass is 10.3. The van der Waals surface area contributed by atoms with Gasteiger partial charge < -0.3 is 10.1 Å². The first-order chi connectivity index (χ1) is 12.3. The van der Waals surface area contributed by atoms with Crippen LogP contribution in [-0.4, -0.2) is 33.5 Å². The van der Waals surface area contributed by atoms with Crippen molar-refractivity contribution in [3.63, 3.8) is 0 Å². The lowest BCUT2D eigenvalue weighted by Crippen LogP contribution is -2.40. The minimum atomic E-state index is -3.60. The third kappa shape index (κ3) is 5.60. The van der Waals surface area contributed by atoms with E-state index >= 15 is 0 Å². The Morgan fingerprint density at radius 2 is 1.77 bits per heavy atom. The van der Waals surface area contributed by atoms with Crippen molar-refractivity contribution in [1.29, 1.82) is 0 Å². The molecule has 1 amide bonds. The zero-order chi connectivity index (χ0) is 19.2. The molecule has 0 heterocycles. The fraction of sp³-hybridized carbons (Fsp3) is 0.235. The van der Waals surface area contributed by atoms with Gasteiger partial charge in [0.15, 0.2) is 6.10 Å². The van der Waals surface area contributed by atoms with Crippen LogP contribution in [0.25, 0.3) is 0 Å². The molecule has 0 bridgehead atoms. The van der Waals surface area contributed by atoms with Crippen LogP contribution in [0, 0.1) is 0 Å². The van der Waals surface area contributed by atoms with Crippen LogP contribution >= 0.6 is 23.2 Å². The fourth-order valence-corrected chi connectivity index (χ4v) is 3.41. The van der Waals surface area contributed by atoms with Crippen molar-refractivity contribution in [3.8, 4) is 5.75 Å². The van der Waals surface area contributed by atoms with Gasteiger partial charge in [0.2, 0.25) is 10.0 Å². The summed E-state index contributed by atoms with van der Waals surface area (Å²) in [6.07, 6.45) is -0.823. The van der Waals surface area contributed by atoms with Crippen molar-refractivity contribution in [2.75, 3.05) is 13.1 Å². The SMILES string of the molecule is CC(Oc1cccc(Cl)c1Cl)C(=O)NCCNS(=O)(=O)c1ccccc1. The third-order valence-corrected chi connectivity index (χ3v) is 5.64. The Kier molecular flexibility index (Phi) is 7.28. The van der Waals surface area contributed by atoms with Crippen LogP contribution in [0.2, 0.25) is 10.0 Å². The number of hydrogen-bond acceptors (Lipinski definition) is 4. The normalized spacial score (nSPS) is 12.4. The van der Waals surface area contributed by atoms with E-state index in [4.69, 9.17) is 27.9 Å². The van der Waals surface area contributed by atoms with Gasteiger partial charge in [0.25, 0.3) is 5.91 Å². The van der Waals surface area contributed by atoms with Crippen LogP contribution < -0.4 is 14.8 Å². The van der Waals surface area contributed by atoms with Crippen LogP contribution in [-0.2, 0) is 14.8 Å². The summed E-state index contributed by atoms with van der Waals surface area (Å²) < 4.78 is 32.0. The number of carbonyl (C=O) groups is 1. The lowest BCUT2D eigenvalue weighted by molar-refractivity contribution is -0.127. The summed E-state index contributed by atoms with van der Waals surface area (Å²) in [5.74, 6) is -0.105. The smallest absolute Gasteiger partial charge is 0.260 e. The molecule has 2 aromatic rings. The average Bonchev–Trinajstić information content (AvgIpc) is 2.63. The highest BCUT2D eigenvalue weighted by atomic mass is 35.5. The van der Waals surface area contributed by atoms with E-state index < -0.39 is 22.0 Å². The molecule has 1 atom stereocenters. The van der Waals surface area contributed by atoms with Crippen LogP contribution in [0.3, 0.4) is 0 Å². The molecule has 0 radical (unpaired) electrons. The second-order valence-electron chi connectivity index (χ2n) is 5.31. The van der Waals surface area contributed by atoms with Crippen molar-refractivity contribution < 1.29 is 17.9 Å². The minimum absolute atomic E-state index is 0.0492. The number of hydrogen-bond donors (Lipinski definition) is 2. The van der Waals surface area contributed by atoms with E-state index in [2.05, 4.69) is 10.0 Å². The van der Waals surface area contributed by atoms with E-state index in [1.54, 1.807) is 43.3 Å². The molecule has 1 unspecified atom stereocenters. The maximum atomic E-state index is 12.0. The van der Waals surface area contributed by atoms with Gasteiger partial charge in [-0.2, -0.15) is 0 Å². The highest BCUT2D eigenvalue weighted by Gasteiger charge is 2.17. The molecular formula is C17H18Cl2N2O4S. The second kappa shape index (κ2) is 9.23. The Labute approximate surface area is 162 Å². The third-order valence-electron chi connectivity index (χ3n) is 3.36. The molecule has 0 aliphatic carbocycles. The van der Waals surface area contributed by atoms with Gasteiger partial charge in [-0.3, -0.25) is 4.79 Å². The number of nitrogens with one attached hydrogen (secondary N) is 2. The molecule has 140 valence electrons. The van der Waals surface area contributed by atoms with Crippen molar-refractivity contribution >= 4 is 39.1 Å². The predicted octanol–water partition coefficient (Wildman–Crippen LogP) is 2.86. The molecule has 0 saturated carbocycles. The van der Waals surface area contributed by atoms with E-state index in [1.807, 2.05) is 0 Å². The molecule has 0 spiro atoms. The summed E-state index contributed by atoms with van der Waals surface area (Å²) >= 11 is 11.9. The van der Waals surface area contributed by atoms with Crippen LogP contribution in [0.4, 0.5) is 0 Å². The van der Waals surface area contributed by atoms with Crippen molar-refractivity contribution in [2.45, 2.75) is 17.9 Å². The summed E-state index contributed by atoms with van der Waals surface area (Å²) in [6, 6.07) is 12.9. The largest absolute Gasteiger partial charge is 0.479 e. The van der Waals surface area contributed by atoms with E-state index in [-0.39, 0.29) is 23.0 Å². The first kappa shape index (κ1) is 20.5. The molecule has 0 aliphatic heterocycles. The number of amides is 1. The molecule has 0 aliphatic rings. The van der Waals surface area contributed by atoms with E-state index in [1.165, 1.54) is 12.1 Å². The zero-order valence-corrected chi connectivity index (χ0v) is 16.2. The molecule has 26 heavy (non-hydrogen) atoms. The van der Waals surface area contributed by atoms with Gasteiger partial charge in [-0.15, -0.1) is 0 Å².